The molecule has 0 spiro atoms. The predicted molar refractivity (Wildman–Crippen MR) is 68.8 cm³/mol. The molecule has 1 heterocycles. The molecule has 0 radical (unpaired) electrons. The van der Waals surface area contributed by atoms with Gasteiger partial charge in [0.05, 0.1) is 5.56 Å². The normalized spacial score (nSPS) is 24.4. The molecular weight excluding hydrogens is 282 g/mol. The van der Waals surface area contributed by atoms with Crippen LogP contribution in [-0.2, 0) is 4.74 Å². The first-order chi connectivity index (χ1) is 8.15. The SMILES string of the molecule is CC1CCC(OC(=O)c2ccc(Br)nc2)CC1. The zero-order chi connectivity index (χ0) is 12.3. The maximum absolute atomic E-state index is 11.8. The van der Waals surface area contributed by atoms with Crippen molar-refractivity contribution in [2.75, 3.05) is 0 Å². The fourth-order valence-electron chi connectivity index (χ4n) is 2.06. The molecule has 1 aliphatic carbocycles. The molecule has 92 valence electrons. The smallest absolute Gasteiger partial charge is 0.339 e. The van der Waals surface area contributed by atoms with Crippen molar-refractivity contribution in [1.82, 2.24) is 4.98 Å². The Morgan fingerprint density at radius 1 is 1.35 bits per heavy atom. The maximum Gasteiger partial charge on any atom is 0.339 e. The zero-order valence-corrected chi connectivity index (χ0v) is 11.4. The summed E-state index contributed by atoms with van der Waals surface area (Å²) in [5, 5.41) is 0. The third-order valence-corrected chi connectivity index (χ3v) is 3.67. The molecule has 0 bridgehead atoms. The van der Waals surface area contributed by atoms with Crippen LogP contribution in [0.2, 0.25) is 0 Å². The molecule has 0 saturated heterocycles. The lowest BCUT2D eigenvalue weighted by molar-refractivity contribution is 0.0173. The van der Waals surface area contributed by atoms with Crippen LogP contribution in [0.3, 0.4) is 0 Å². The first kappa shape index (κ1) is 12.6. The summed E-state index contributed by atoms with van der Waals surface area (Å²) in [4.78, 5) is 15.8. The number of pyridine rings is 1. The zero-order valence-electron chi connectivity index (χ0n) is 9.86. The molecular formula is C13H16BrNO2. The summed E-state index contributed by atoms with van der Waals surface area (Å²) >= 11 is 3.24. The van der Waals surface area contributed by atoms with Crippen LogP contribution >= 0.6 is 15.9 Å². The number of aromatic nitrogens is 1. The lowest BCUT2D eigenvalue weighted by Crippen LogP contribution is -2.23. The van der Waals surface area contributed by atoms with Gasteiger partial charge in [0.15, 0.2) is 0 Å². The van der Waals surface area contributed by atoms with E-state index >= 15 is 0 Å². The molecule has 1 aliphatic rings. The molecule has 4 heteroatoms. The first-order valence-electron chi connectivity index (χ1n) is 5.97. The molecule has 3 nitrogen and oxygen atoms in total. The lowest BCUT2D eigenvalue weighted by atomic mass is 9.89. The van der Waals surface area contributed by atoms with Gasteiger partial charge in [-0.2, -0.15) is 0 Å². The Kier molecular flexibility index (Phi) is 4.15. The van der Waals surface area contributed by atoms with Crippen LogP contribution in [-0.4, -0.2) is 17.1 Å². The van der Waals surface area contributed by atoms with Gasteiger partial charge >= 0.3 is 5.97 Å². The average Bonchev–Trinajstić information content (AvgIpc) is 2.33. The summed E-state index contributed by atoms with van der Waals surface area (Å²) in [6, 6.07) is 3.48. The highest BCUT2D eigenvalue weighted by Gasteiger charge is 2.22. The second kappa shape index (κ2) is 5.63. The minimum atomic E-state index is -0.260. The lowest BCUT2D eigenvalue weighted by Gasteiger charge is -2.25. The number of hydrogen-bond donors (Lipinski definition) is 0. The summed E-state index contributed by atoms with van der Waals surface area (Å²) in [5.74, 6) is 0.504. The number of ether oxygens (including phenoxy) is 1. The standard InChI is InChI=1S/C13H16BrNO2/c1-9-2-5-11(6-3-9)17-13(16)10-4-7-12(14)15-8-10/h4,7-9,11H,2-3,5-6H2,1H3. The van der Waals surface area contributed by atoms with E-state index in [-0.39, 0.29) is 12.1 Å². The largest absolute Gasteiger partial charge is 0.459 e. The summed E-state index contributed by atoms with van der Waals surface area (Å²) in [6.45, 7) is 2.25. The number of nitrogens with zero attached hydrogens (tertiary/aromatic N) is 1. The van der Waals surface area contributed by atoms with Gasteiger partial charge in [0.25, 0.3) is 0 Å². The predicted octanol–water partition coefficient (Wildman–Crippen LogP) is 3.58. The van der Waals surface area contributed by atoms with Gasteiger partial charge in [-0.1, -0.05) is 6.92 Å². The third-order valence-electron chi connectivity index (χ3n) is 3.20. The second-order valence-corrected chi connectivity index (χ2v) is 5.47. The van der Waals surface area contributed by atoms with Crippen LogP contribution < -0.4 is 0 Å². The molecule has 0 amide bonds. The summed E-state index contributed by atoms with van der Waals surface area (Å²) in [7, 11) is 0. The van der Waals surface area contributed by atoms with Gasteiger partial charge in [-0.25, -0.2) is 9.78 Å². The molecule has 0 aliphatic heterocycles. The fourth-order valence-corrected chi connectivity index (χ4v) is 2.30. The molecule has 1 aromatic heterocycles. The molecule has 0 aromatic carbocycles. The van der Waals surface area contributed by atoms with Crippen LogP contribution in [0.15, 0.2) is 22.9 Å². The monoisotopic (exact) mass is 297 g/mol. The quantitative estimate of drug-likeness (QED) is 0.619. The van der Waals surface area contributed by atoms with E-state index in [4.69, 9.17) is 4.74 Å². The van der Waals surface area contributed by atoms with E-state index in [1.807, 2.05) is 0 Å². The molecule has 2 rings (SSSR count). The molecule has 1 aromatic rings. The summed E-state index contributed by atoms with van der Waals surface area (Å²) in [6.07, 6.45) is 5.89. The van der Waals surface area contributed by atoms with Crippen LogP contribution in [0.1, 0.15) is 43.0 Å². The molecule has 1 saturated carbocycles. The van der Waals surface area contributed by atoms with Crippen molar-refractivity contribution < 1.29 is 9.53 Å². The number of esters is 1. The van der Waals surface area contributed by atoms with Crippen molar-refractivity contribution in [3.63, 3.8) is 0 Å². The minimum Gasteiger partial charge on any atom is -0.459 e. The first-order valence-corrected chi connectivity index (χ1v) is 6.77. The van der Waals surface area contributed by atoms with E-state index in [9.17, 15) is 4.79 Å². The topological polar surface area (TPSA) is 39.2 Å². The van der Waals surface area contributed by atoms with E-state index in [0.717, 1.165) is 36.2 Å². The Morgan fingerprint density at radius 2 is 2.06 bits per heavy atom. The summed E-state index contributed by atoms with van der Waals surface area (Å²) in [5.41, 5.74) is 0.520. The number of carbonyl (C=O) groups excluding carboxylic acids is 1. The Labute approximate surface area is 110 Å². The molecule has 0 N–H and O–H groups in total. The van der Waals surface area contributed by atoms with Crippen LogP contribution in [0.5, 0.6) is 0 Å². The van der Waals surface area contributed by atoms with Gasteiger partial charge in [-0.15, -0.1) is 0 Å². The fraction of sp³-hybridized carbons (Fsp3) is 0.538. The van der Waals surface area contributed by atoms with Crippen molar-refractivity contribution >= 4 is 21.9 Å². The highest BCUT2D eigenvalue weighted by Crippen LogP contribution is 2.26. The highest BCUT2D eigenvalue weighted by molar-refractivity contribution is 9.10. The third kappa shape index (κ3) is 3.53. The minimum absolute atomic E-state index is 0.0855. The van der Waals surface area contributed by atoms with E-state index in [1.165, 1.54) is 6.20 Å². The Bertz CT molecular complexity index is 383. The second-order valence-electron chi connectivity index (χ2n) is 4.66. The van der Waals surface area contributed by atoms with Gasteiger partial charge in [0.2, 0.25) is 0 Å². The Morgan fingerprint density at radius 3 is 2.65 bits per heavy atom. The van der Waals surface area contributed by atoms with Crippen molar-refractivity contribution in [2.24, 2.45) is 5.92 Å². The molecule has 0 atom stereocenters. The average molecular weight is 298 g/mol. The maximum atomic E-state index is 11.8. The van der Waals surface area contributed by atoms with Crippen LogP contribution in [0, 0.1) is 5.92 Å². The van der Waals surface area contributed by atoms with E-state index in [0.29, 0.717) is 5.56 Å². The van der Waals surface area contributed by atoms with Gasteiger partial charge in [-0.3, -0.25) is 0 Å². The summed E-state index contributed by atoms with van der Waals surface area (Å²) < 4.78 is 6.19. The van der Waals surface area contributed by atoms with Crippen molar-refractivity contribution in [1.29, 1.82) is 0 Å². The molecule has 0 unspecified atom stereocenters. The van der Waals surface area contributed by atoms with Gasteiger partial charge in [0.1, 0.15) is 10.7 Å². The number of hydrogen-bond acceptors (Lipinski definition) is 3. The number of halogens is 1. The van der Waals surface area contributed by atoms with E-state index in [2.05, 4.69) is 27.8 Å². The van der Waals surface area contributed by atoms with Crippen LogP contribution in [0.25, 0.3) is 0 Å². The van der Waals surface area contributed by atoms with Gasteiger partial charge in [-0.05, 0) is 59.7 Å². The molecule has 1 fully saturated rings. The number of carbonyl (C=O) groups is 1. The van der Waals surface area contributed by atoms with Crippen LogP contribution in [0.4, 0.5) is 0 Å². The van der Waals surface area contributed by atoms with Gasteiger partial charge < -0.3 is 4.74 Å². The van der Waals surface area contributed by atoms with Crippen molar-refractivity contribution in [2.45, 2.75) is 38.7 Å². The Balaban J connectivity index is 1.91. The highest BCUT2D eigenvalue weighted by atomic mass is 79.9. The van der Waals surface area contributed by atoms with Gasteiger partial charge in [0, 0.05) is 6.20 Å². The van der Waals surface area contributed by atoms with Crippen molar-refractivity contribution in [3.8, 4) is 0 Å². The van der Waals surface area contributed by atoms with Crippen molar-refractivity contribution in [3.05, 3.63) is 28.5 Å². The Hall–Kier alpha value is -0.900. The van der Waals surface area contributed by atoms with E-state index in [1.54, 1.807) is 12.1 Å². The number of rotatable bonds is 2. The molecule has 17 heavy (non-hydrogen) atoms. The van der Waals surface area contributed by atoms with E-state index < -0.39 is 0 Å².